The number of halogens is 2. The fourth-order valence-electron chi connectivity index (χ4n) is 8.83. The molecule has 0 radical (unpaired) electrons. The third-order valence-electron chi connectivity index (χ3n) is 11.3. The normalized spacial score (nSPS) is 18.6. The number of isothiocyanates is 2. The lowest BCUT2D eigenvalue weighted by atomic mass is 9.78. The predicted molar refractivity (Wildman–Crippen MR) is 232 cm³/mol. The molecule has 0 spiro atoms. The summed E-state index contributed by atoms with van der Waals surface area (Å²) in [6.45, 7) is 12.4. The monoisotopic (exact) mass is 832 g/mol. The summed E-state index contributed by atoms with van der Waals surface area (Å²) >= 11 is 17.0. The van der Waals surface area contributed by atoms with E-state index in [-0.39, 0.29) is 27.8 Å². The van der Waals surface area contributed by atoms with Crippen LogP contribution in [0.2, 0.25) is 0 Å². The van der Waals surface area contributed by atoms with Crippen LogP contribution >= 0.6 is 36.0 Å². The lowest BCUT2D eigenvalue weighted by Gasteiger charge is -2.27. The zero-order valence-corrected chi connectivity index (χ0v) is 35.4. The van der Waals surface area contributed by atoms with Gasteiger partial charge in [-0.05, 0) is 120 Å². The van der Waals surface area contributed by atoms with E-state index in [2.05, 4.69) is 155 Å². The van der Waals surface area contributed by atoms with Crippen LogP contribution in [0.3, 0.4) is 0 Å². The van der Waals surface area contributed by atoms with Gasteiger partial charge in [-0.25, -0.2) is 9.98 Å². The average Bonchev–Trinajstić information content (AvgIpc) is 3.52. The Morgan fingerprint density at radius 3 is 2.13 bits per heavy atom. The van der Waals surface area contributed by atoms with Crippen LogP contribution in [-0.2, 0) is 10.8 Å². The second-order valence-electron chi connectivity index (χ2n) is 15.2. The molecule has 4 aromatic carbocycles. The van der Waals surface area contributed by atoms with E-state index < -0.39 is 0 Å². The SMILES string of the molecule is CC1(C)C(/C=C/C2=C(Cl)C(=C/C=C3/N(CCCN=C=S)c4ccc5ccccc5c4C3(C)C)/CCC2)=[N+](CCCN=C=S)c2ccc3ccccc3c21.[Br-]. The highest BCUT2D eigenvalue weighted by Crippen LogP contribution is 2.51. The minimum atomic E-state index is -0.198. The van der Waals surface area contributed by atoms with E-state index in [1.54, 1.807) is 0 Å². The number of nitrogens with zero attached hydrogens (tertiary/aromatic N) is 4. The highest BCUT2D eigenvalue weighted by molar-refractivity contribution is 7.78. The highest BCUT2D eigenvalue weighted by Gasteiger charge is 2.45. The summed E-state index contributed by atoms with van der Waals surface area (Å²) in [5, 5.41) is 11.1. The van der Waals surface area contributed by atoms with Crippen LogP contribution in [-0.4, -0.2) is 46.8 Å². The van der Waals surface area contributed by atoms with Crippen LogP contribution in [0, 0.1) is 0 Å². The van der Waals surface area contributed by atoms with Gasteiger partial charge in [-0.2, -0.15) is 4.58 Å². The first-order valence-corrected chi connectivity index (χ1v) is 19.9. The molecule has 0 atom stereocenters. The second kappa shape index (κ2) is 16.9. The van der Waals surface area contributed by atoms with Crippen LogP contribution in [0.1, 0.15) is 70.9 Å². The molecule has 0 amide bonds. The molecule has 4 nitrogen and oxygen atoms in total. The first kappa shape index (κ1) is 39.9. The van der Waals surface area contributed by atoms with Crippen molar-refractivity contribution in [3.8, 4) is 0 Å². The third kappa shape index (κ3) is 7.43. The molecule has 2 heterocycles. The Balaban J connectivity index is 0.00000497. The number of benzene rings is 4. The van der Waals surface area contributed by atoms with E-state index in [1.165, 1.54) is 66.6 Å². The van der Waals surface area contributed by atoms with E-state index in [1.807, 2.05) is 0 Å². The number of fused-ring (bicyclic) bond motifs is 6. The summed E-state index contributed by atoms with van der Waals surface area (Å²) in [7, 11) is 0. The van der Waals surface area contributed by atoms with E-state index in [4.69, 9.17) is 36.0 Å². The third-order valence-corrected chi connectivity index (χ3v) is 12.0. The molecule has 0 unspecified atom stereocenters. The molecule has 2 aliphatic heterocycles. The molecule has 0 aromatic heterocycles. The Morgan fingerprint density at radius 2 is 1.43 bits per heavy atom. The van der Waals surface area contributed by atoms with E-state index in [0.29, 0.717) is 13.1 Å². The Kier molecular flexibility index (Phi) is 12.5. The quantitative estimate of drug-likeness (QED) is 0.0654. The van der Waals surface area contributed by atoms with Gasteiger partial charge in [0, 0.05) is 52.5 Å². The van der Waals surface area contributed by atoms with E-state index in [0.717, 1.165) is 50.2 Å². The Labute approximate surface area is 346 Å². The zero-order valence-electron chi connectivity index (χ0n) is 31.5. The fourth-order valence-corrected chi connectivity index (χ4v) is 9.32. The molecule has 0 bridgehead atoms. The zero-order chi connectivity index (χ0) is 37.2. The van der Waals surface area contributed by atoms with Crippen LogP contribution in [0.4, 0.5) is 11.4 Å². The lowest BCUT2D eigenvalue weighted by molar-refractivity contribution is -0.437. The molecule has 0 saturated carbocycles. The number of hydrogen-bond acceptors (Lipinski definition) is 5. The lowest BCUT2D eigenvalue weighted by Crippen LogP contribution is -3.00. The van der Waals surface area contributed by atoms with Gasteiger partial charge in [0.1, 0.15) is 0 Å². The van der Waals surface area contributed by atoms with Crippen molar-refractivity contribution in [3.05, 3.63) is 130 Å². The predicted octanol–water partition coefficient (Wildman–Crippen LogP) is 9.20. The summed E-state index contributed by atoms with van der Waals surface area (Å²) in [5.41, 5.74) is 9.80. The smallest absolute Gasteiger partial charge is 0.210 e. The van der Waals surface area contributed by atoms with Gasteiger partial charge in [-0.1, -0.05) is 92.2 Å². The highest BCUT2D eigenvalue weighted by atomic mass is 79.9. The number of hydrogen-bond donors (Lipinski definition) is 0. The Hall–Kier alpha value is -3.80. The van der Waals surface area contributed by atoms with Crippen molar-refractivity contribution in [1.82, 2.24) is 0 Å². The Morgan fingerprint density at radius 1 is 0.778 bits per heavy atom. The second-order valence-corrected chi connectivity index (χ2v) is 16.0. The summed E-state index contributed by atoms with van der Waals surface area (Å²) in [5.74, 6) is 0. The minimum absolute atomic E-state index is 0. The van der Waals surface area contributed by atoms with Crippen molar-refractivity contribution in [2.24, 2.45) is 9.98 Å². The van der Waals surface area contributed by atoms with Crippen LogP contribution in [0.25, 0.3) is 21.5 Å². The van der Waals surface area contributed by atoms with E-state index in [9.17, 15) is 0 Å². The van der Waals surface area contributed by atoms with Crippen LogP contribution in [0.15, 0.2) is 129 Å². The number of aliphatic imine (C=N–C) groups is 2. The van der Waals surface area contributed by atoms with Crippen molar-refractivity contribution >= 4 is 85.0 Å². The van der Waals surface area contributed by atoms with Crippen molar-refractivity contribution in [1.29, 1.82) is 0 Å². The molecule has 0 saturated heterocycles. The molecule has 0 N–H and O–H groups in total. The van der Waals surface area contributed by atoms with Crippen LogP contribution < -0.4 is 21.9 Å². The van der Waals surface area contributed by atoms with Gasteiger partial charge in [-0.3, -0.25) is 0 Å². The molecule has 4 aromatic rings. The maximum absolute atomic E-state index is 7.34. The van der Waals surface area contributed by atoms with Crippen molar-refractivity contribution < 1.29 is 21.6 Å². The van der Waals surface area contributed by atoms with Crippen molar-refractivity contribution in [3.63, 3.8) is 0 Å². The van der Waals surface area contributed by atoms with Gasteiger partial charge in [0.15, 0.2) is 12.3 Å². The molecular formula is C46H46BrClN4S2. The molecule has 276 valence electrons. The molecular weight excluding hydrogens is 788 g/mol. The largest absolute Gasteiger partial charge is 1.00 e. The maximum atomic E-state index is 7.34. The summed E-state index contributed by atoms with van der Waals surface area (Å²) < 4.78 is 2.48. The average molecular weight is 834 g/mol. The first-order valence-electron chi connectivity index (χ1n) is 18.7. The standard InChI is InChI=1S/C46H46ClN4S2.BrH/c1-45(2)40(50(28-10-26-48-30-52)38-22-18-32-12-5-7-16-36(32)42(38)45)24-20-34-14-9-15-35(44(34)47)21-25-41-46(3,4)43-37-17-8-6-13-33(37)19-23-39(43)51(41)29-11-27-49-31-53;/h5-8,12-13,16-25H,9-11,14-15,26-29H2,1-4H3;1H/q+1;/p-1. The summed E-state index contributed by atoms with van der Waals surface area (Å²) in [4.78, 5) is 10.9. The van der Waals surface area contributed by atoms with Crippen molar-refractivity contribution in [2.75, 3.05) is 31.1 Å². The maximum Gasteiger partial charge on any atom is 0.210 e. The van der Waals surface area contributed by atoms with E-state index >= 15 is 0 Å². The first-order chi connectivity index (χ1) is 25.7. The van der Waals surface area contributed by atoms with Crippen LogP contribution in [0.5, 0.6) is 0 Å². The van der Waals surface area contributed by atoms with Gasteiger partial charge >= 0.3 is 0 Å². The number of allylic oxidation sites excluding steroid dienone is 8. The molecule has 8 heteroatoms. The van der Waals surface area contributed by atoms with Gasteiger partial charge in [0.05, 0.1) is 28.8 Å². The minimum Gasteiger partial charge on any atom is -1.00 e. The molecule has 3 aliphatic rings. The van der Waals surface area contributed by atoms with Gasteiger partial charge in [0.2, 0.25) is 5.69 Å². The topological polar surface area (TPSA) is 31.0 Å². The van der Waals surface area contributed by atoms with Gasteiger partial charge in [-0.15, -0.1) is 0 Å². The number of rotatable bonds is 11. The number of anilines is 1. The fraction of sp³-hybridized carbons (Fsp3) is 0.326. The molecule has 0 fully saturated rings. The molecule has 1 aliphatic carbocycles. The number of thiocarbonyl (C=S) groups is 2. The summed E-state index contributed by atoms with van der Waals surface area (Å²) in [6, 6.07) is 26.5. The summed E-state index contributed by atoms with van der Waals surface area (Å²) in [6.07, 6.45) is 13.9. The molecule has 7 rings (SSSR count). The van der Waals surface area contributed by atoms with Gasteiger partial charge < -0.3 is 21.9 Å². The van der Waals surface area contributed by atoms with Gasteiger partial charge in [0.25, 0.3) is 0 Å². The van der Waals surface area contributed by atoms with Crippen molar-refractivity contribution in [2.45, 2.75) is 70.6 Å². The molecule has 54 heavy (non-hydrogen) atoms. The Bertz CT molecular complexity index is 2370.